The van der Waals surface area contributed by atoms with Crippen LogP contribution in [-0.2, 0) is 30.9 Å². The fourth-order valence-electron chi connectivity index (χ4n) is 3.08. The Morgan fingerprint density at radius 1 is 1.33 bits per heavy atom. The molecule has 0 fully saturated rings. The maximum absolute atomic E-state index is 5.39. The van der Waals surface area contributed by atoms with Gasteiger partial charge in [0.25, 0.3) is 0 Å². The number of rotatable bonds is 6. The summed E-state index contributed by atoms with van der Waals surface area (Å²) in [7, 11) is 5.11. The molecule has 2 N–H and O–H groups in total. The van der Waals surface area contributed by atoms with Crippen LogP contribution >= 0.6 is 24.0 Å². The van der Waals surface area contributed by atoms with Gasteiger partial charge in [-0.25, -0.2) is 9.67 Å². The molecule has 8 nitrogen and oxygen atoms in total. The van der Waals surface area contributed by atoms with Crippen LogP contribution in [0.5, 0.6) is 5.75 Å². The first-order valence-electron chi connectivity index (χ1n) is 8.74. The van der Waals surface area contributed by atoms with E-state index in [0.717, 1.165) is 48.3 Å². The van der Waals surface area contributed by atoms with E-state index in [4.69, 9.17) is 9.47 Å². The number of fused-ring (bicyclic) bond motifs is 1. The van der Waals surface area contributed by atoms with Gasteiger partial charge in [-0.15, -0.1) is 24.0 Å². The molecule has 0 amide bonds. The Hall–Kier alpha value is -1.88. The van der Waals surface area contributed by atoms with Gasteiger partial charge in [0, 0.05) is 38.7 Å². The summed E-state index contributed by atoms with van der Waals surface area (Å²) >= 11 is 0. The minimum Gasteiger partial charge on any atom is -0.496 e. The predicted molar refractivity (Wildman–Crippen MR) is 115 cm³/mol. The number of nitrogens with one attached hydrogen (secondary N) is 2. The lowest BCUT2D eigenvalue weighted by Gasteiger charge is -2.25. The lowest BCUT2D eigenvalue weighted by atomic mass is 10.1. The third kappa shape index (κ3) is 5.55. The highest BCUT2D eigenvalue weighted by atomic mass is 127. The van der Waals surface area contributed by atoms with Crippen molar-refractivity contribution in [3.05, 3.63) is 41.5 Å². The molecule has 0 spiro atoms. The first-order chi connectivity index (χ1) is 12.7. The van der Waals surface area contributed by atoms with Gasteiger partial charge >= 0.3 is 0 Å². The van der Waals surface area contributed by atoms with Crippen LogP contribution in [0.4, 0.5) is 0 Å². The second kappa shape index (κ2) is 10.5. The van der Waals surface area contributed by atoms with Gasteiger partial charge in [-0.2, -0.15) is 5.10 Å². The molecule has 0 saturated heterocycles. The number of aryl methyl sites for hydroxylation is 1. The quantitative estimate of drug-likeness (QED) is 0.368. The van der Waals surface area contributed by atoms with Crippen molar-refractivity contribution >= 4 is 29.9 Å². The number of aromatic nitrogens is 3. The summed E-state index contributed by atoms with van der Waals surface area (Å²) in [5.41, 5.74) is 1.09. The molecule has 0 radical (unpaired) electrons. The number of halogens is 1. The zero-order valence-corrected chi connectivity index (χ0v) is 18.3. The average molecular weight is 486 g/mol. The van der Waals surface area contributed by atoms with Gasteiger partial charge in [-0.3, -0.25) is 4.99 Å². The lowest BCUT2D eigenvalue weighted by Crippen LogP contribution is -2.46. The van der Waals surface area contributed by atoms with Crippen molar-refractivity contribution in [2.75, 3.05) is 21.3 Å². The number of benzene rings is 1. The molecule has 1 unspecified atom stereocenters. The van der Waals surface area contributed by atoms with Crippen molar-refractivity contribution in [2.24, 2.45) is 4.99 Å². The fraction of sp³-hybridized carbons (Fsp3) is 0.500. The van der Waals surface area contributed by atoms with Crippen LogP contribution in [0.15, 0.2) is 29.3 Å². The largest absolute Gasteiger partial charge is 0.496 e. The number of nitrogens with zero attached hydrogens (tertiary/aromatic N) is 4. The Kier molecular flexibility index (Phi) is 8.29. The molecule has 1 aromatic heterocycles. The summed E-state index contributed by atoms with van der Waals surface area (Å²) in [5.74, 6) is 3.39. The highest BCUT2D eigenvalue weighted by Gasteiger charge is 2.22. The zero-order chi connectivity index (χ0) is 18.4. The van der Waals surface area contributed by atoms with Gasteiger partial charge < -0.3 is 20.1 Å². The molecule has 1 aromatic carbocycles. The number of hydrogen-bond donors (Lipinski definition) is 2. The first kappa shape index (κ1) is 21.4. The number of methoxy groups -OCH3 is 2. The van der Waals surface area contributed by atoms with Gasteiger partial charge in [-0.1, -0.05) is 18.2 Å². The predicted octanol–water partition coefficient (Wildman–Crippen LogP) is 1.73. The maximum Gasteiger partial charge on any atom is 0.191 e. The molecule has 2 aromatic rings. The van der Waals surface area contributed by atoms with Gasteiger partial charge in [0.15, 0.2) is 11.8 Å². The van der Waals surface area contributed by atoms with E-state index >= 15 is 0 Å². The zero-order valence-electron chi connectivity index (χ0n) is 15.9. The molecule has 1 atom stereocenters. The van der Waals surface area contributed by atoms with Gasteiger partial charge in [0.05, 0.1) is 13.7 Å². The van der Waals surface area contributed by atoms with E-state index in [9.17, 15) is 0 Å². The molecule has 3 rings (SSSR count). The smallest absolute Gasteiger partial charge is 0.191 e. The van der Waals surface area contributed by atoms with Crippen molar-refractivity contribution < 1.29 is 9.47 Å². The number of guanidine groups is 1. The molecule has 0 aliphatic carbocycles. The Morgan fingerprint density at radius 3 is 2.89 bits per heavy atom. The minimum absolute atomic E-state index is 0. The minimum atomic E-state index is 0. The number of aliphatic imine (C=N–C) groups is 1. The molecule has 2 heterocycles. The van der Waals surface area contributed by atoms with E-state index in [-0.39, 0.29) is 30.0 Å². The monoisotopic (exact) mass is 486 g/mol. The standard InChI is InChI=1S/C18H26N6O2.HI/c1-19-18(20-10-13-6-4-5-7-15(13)26-3)21-14-8-9-17-22-16(12-25-2)23-24(17)11-14;/h4-7,14H,8-12H2,1-3H3,(H2,19,20,21);1H. The summed E-state index contributed by atoms with van der Waals surface area (Å²) in [6.07, 6.45) is 1.87. The van der Waals surface area contributed by atoms with E-state index in [1.165, 1.54) is 0 Å². The highest BCUT2D eigenvalue weighted by molar-refractivity contribution is 14.0. The SMILES string of the molecule is CN=C(NCc1ccccc1OC)NC1CCc2nc(COC)nn2C1.I. The van der Waals surface area contributed by atoms with Crippen LogP contribution in [0.3, 0.4) is 0 Å². The average Bonchev–Trinajstić information content (AvgIpc) is 3.07. The molecule has 1 aliphatic rings. The van der Waals surface area contributed by atoms with Crippen molar-refractivity contribution in [3.8, 4) is 5.75 Å². The van der Waals surface area contributed by atoms with Crippen LogP contribution in [0.2, 0.25) is 0 Å². The molecule has 9 heteroatoms. The van der Waals surface area contributed by atoms with Crippen LogP contribution in [0.25, 0.3) is 0 Å². The van der Waals surface area contributed by atoms with Crippen LogP contribution < -0.4 is 15.4 Å². The number of ether oxygens (including phenoxy) is 2. The Balaban J connectivity index is 0.00000261. The van der Waals surface area contributed by atoms with Crippen molar-refractivity contribution in [1.82, 2.24) is 25.4 Å². The van der Waals surface area contributed by atoms with E-state index in [2.05, 4.69) is 25.7 Å². The van der Waals surface area contributed by atoms with Gasteiger partial charge in [0.1, 0.15) is 18.2 Å². The molecule has 27 heavy (non-hydrogen) atoms. The normalized spacial score (nSPS) is 16.3. The summed E-state index contributed by atoms with van der Waals surface area (Å²) in [6.45, 7) is 1.85. The molecule has 0 saturated carbocycles. The van der Waals surface area contributed by atoms with Crippen molar-refractivity contribution in [3.63, 3.8) is 0 Å². The van der Waals surface area contributed by atoms with E-state index < -0.39 is 0 Å². The summed E-state index contributed by atoms with van der Waals surface area (Å²) < 4.78 is 12.5. The van der Waals surface area contributed by atoms with Gasteiger partial charge in [-0.05, 0) is 12.5 Å². The number of hydrogen-bond acceptors (Lipinski definition) is 5. The Bertz CT molecular complexity index is 764. The van der Waals surface area contributed by atoms with Crippen LogP contribution in [0, 0.1) is 0 Å². The third-order valence-electron chi connectivity index (χ3n) is 4.38. The van der Waals surface area contributed by atoms with Crippen LogP contribution in [-0.4, -0.2) is 48.0 Å². The lowest BCUT2D eigenvalue weighted by molar-refractivity contribution is 0.177. The molecular weight excluding hydrogens is 459 g/mol. The molecule has 0 bridgehead atoms. The van der Waals surface area contributed by atoms with Gasteiger partial charge in [0.2, 0.25) is 0 Å². The second-order valence-corrected chi connectivity index (χ2v) is 6.18. The number of para-hydroxylation sites is 1. The fourth-order valence-corrected chi connectivity index (χ4v) is 3.08. The Morgan fingerprint density at radius 2 is 2.15 bits per heavy atom. The van der Waals surface area contributed by atoms with E-state index in [1.54, 1.807) is 21.3 Å². The van der Waals surface area contributed by atoms with Crippen LogP contribution in [0.1, 0.15) is 23.6 Å². The topological polar surface area (TPSA) is 85.6 Å². The molecule has 148 valence electrons. The first-order valence-corrected chi connectivity index (χ1v) is 8.74. The summed E-state index contributed by atoms with van der Waals surface area (Å²) in [6, 6.07) is 8.21. The van der Waals surface area contributed by atoms with Crippen molar-refractivity contribution in [1.29, 1.82) is 0 Å². The highest BCUT2D eigenvalue weighted by Crippen LogP contribution is 2.17. The Labute approximate surface area is 176 Å². The third-order valence-corrected chi connectivity index (χ3v) is 4.38. The molecule has 1 aliphatic heterocycles. The van der Waals surface area contributed by atoms with Crippen molar-refractivity contribution in [2.45, 2.75) is 38.6 Å². The molecular formula is C18H27IN6O2. The summed E-state index contributed by atoms with van der Waals surface area (Å²) in [4.78, 5) is 8.84. The van der Waals surface area contributed by atoms with E-state index in [1.807, 2.05) is 28.9 Å². The maximum atomic E-state index is 5.39. The second-order valence-electron chi connectivity index (χ2n) is 6.18. The summed E-state index contributed by atoms with van der Waals surface area (Å²) in [5, 5.41) is 11.3. The van der Waals surface area contributed by atoms with E-state index in [0.29, 0.717) is 13.2 Å².